The number of hydrogen-bond acceptors (Lipinski definition) is 18. The number of methoxy groups -OCH3 is 2. The molecule has 0 bridgehead atoms. The van der Waals surface area contributed by atoms with E-state index >= 15 is 0 Å². The summed E-state index contributed by atoms with van der Waals surface area (Å²) in [5.41, 5.74) is 5.84. The number of nitrogens with zero attached hydrogens (tertiary/aromatic N) is 4. The molecule has 4 aromatic carbocycles. The number of aliphatic hydroxyl groups is 2. The number of benzene rings is 4. The number of esters is 1. The number of rotatable bonds is 29. The molecular weight excluding hydrogens is 1230 g/mol. The zero-order chi connectivity index (χ0) is 66.9. The van der Waals surface area contributed by atoms with Crippen LogP contribution in [0.4, 0.5) is 20.1 Å². The number of fused-ring (bicyclic) bond motifs is 9. The molecule has 5 amide bonds. The number of aliphatic carboxylic acids is 1. The minimum Gasteiger partial charge on any atom is -0.493 e. The number of carboxylic acids is 1. The van der Waals surface area contributed by atoms with Crippen molar-refractivity contribution in [2.75, 3.05) is 65.1 Å². The fourth-order valence-corrected chi connectivity index (χ4v) is 13.2. The lowest BCUT2D eigenvalue weighted by molar-refractivity contribution is -0.172. The van der Waals surface area contributed by atoms with Gasteiger partial charge in [-0.05, 0) is 129 Å². The Balaban J connectivity index is 0.696. The summed E-state index contributed by atoms with van der Waals surface area (Å²) >= 11 is 0. The van der Waals surface area contributed by atoms with Crippen LogP contribution in [0.2, 0.25) is 0 Å². The van der Waals surface area contributed by atoms with E-state index in [1.165, 1.54) is 14.2 Å². The fourth-order valence-electron chi connectivity index (χ4n) is 13.2. The number of pyridine rings is 2. The molecule has 0 radical (unpaired) electrons. The second-order valence-electron chi connectivity index (χ2n) is 23.9. The lowest BCUT2D eigenvalue weighted by Gasteiger charge is -2.36. The van der Waals surface area contributed by atoms with Crippen LogP contribution >= 0.6 is 0 Å². The van der Waals surface area contributed by atoms with Crippen molar-refractivity contribution in [3.63, 3.8) is 0 Å². The number of alkyl carbamates (subject to hydrolysis) is 1. The monoisotopic (exact) mass is 1300 g/mol. The SMILES string of the molecule is CC[C@]1(OC(=O)NCCCC[C@H](NC(=O)CCCc2ccc(N(CCO)CCO)cc2)C(=O)NCCCC[C@H](NC(=O)Oc2c(OC)cc(C3c4[nH]c5ccccc5c4CC4COC(=O)N43)cc2OC)C(=O)O)C(=O)OCc2c1cc1n(c2=O)Cc2cc3ccccc3nc2-1. The van der Waals surface area contributed by atoms with Crippen LogP contribution in [-0.2, 0) is 65.0 Å². The average molecular weight is 1300 g/mol. The molecule has 26 heteroatoms. The number of aromatic amines is 1. The molecule has 8 N–H and O–H groups in total. The Kier molecular flexibility index (Phi) is 20.5. The average Bonchev–Trinajstić information content (AvgIpc) is 1.68. The van der Waals surface area contributed by atoms with Crippen molar-refractivity contribution >= 4 is 69.5 Å². The lowest BCUT2D eigenvalue weighted by Crippen LogP contribution is -2.49. The first kappa shape index (κ1) is 66.3. The first-order valence-electron chi connectivity index (χ1n) is 32.0. The number of amides is 5. The van der Waals surface area contributed by atoms with Crippen molar-refractivity contribution in [2.45, 2.75) is 120 Å². The van der Waals surface area contributed by atoms with Crippen LogP contribution in [-0.4, -0.2) is 155 Å². The third-order valence-electron chi connectivity index (χ3n) is 18.0. The molecule has 26 nitrogen and oxygen atoms in total. The molecule has 0 aliphatic carbocycles. The first-order chi connectivity index (χ1) is 46.1. The Morgan fingerprint density at radius 2 is 1.51 bits per heavy atom. The van der Waals surface area contributed by atoms with E-state index in [0.29, 0.717) is 62.1 Å². The van der Waals surface area contributed by atoms with Crippen LogP contribution in [0.5, 0.6) is 17.2 Å². The van der Waals surface area contributed by atoms with E-state index in [1.807, 2.05) is 83.8 Å². The maximum Gasteiger partial charge on any atom is 0.413 e. The molecule has 95 heavy (non-hydrogen) atoms. The van der Waals surface area contributed by atoms with Gasteiger partial charge in [-0.2, -0.15) is 0 Å². The number of cyclic esters (lactones) is 2. The smallest absolute Gasteiger partial charge is 0.413 e. The molecule has 500 valence electrons. The number of H-pyrrole nitrogens is 1. The van der Waals surface area contributed by atoms with Crippen molar-refractivity contribution in [3.05, 3.63) is 146 Å². The molecule has 11 rings (SSSR count). The number of carbonyl (C=O) groups is 7. The second kappa shape index (κ2) is 29.4. The standard InChI is InChI=1S/C69H77N9O17/c1-4-69(49-36-54-58-43(32-41-15-5-7-17-50(41)73-58)37-77(54)63(83)48(49)39-92-65(69)86)95-66(87)71-27-12-9-19-52(72-57(81)21-13-14-40-22-24-44(25-23-40)76(28-30-79)29-31-80)62(82)70-26-11-10-20-53(64(84)85)75-67(88)94-61-55(90-2)33-42(34-56(61)91-3)60-59-47(35-45-38-93-68(89)78(45)60)46-16-6-8-18-51(46)74-59/h5-8,15-18,22-25,32-34,36,45,52-53,60,74,79-80H,4,9-14,19-21,26-31,35,37-39H2,1-3H3,(H,70,82)(H,71,87)(H,72,81)(H,75,88)(H,84,85)/t45?,52-,53-,60?,69+/m0/s1. The quantitative estimate of drug-likeness (QED) is 0.0136. The van der Waals surface area contributed by atoms with Crippen molar-refractivity contribution in [2.24, 2.45) is 0 Å². The molecule has 4 aliphatic heterocycles. The van der Waals surface area contributed by atoms with Gasteiger partial charge >= 0.3 is 30.2 Å². The van der Waals surface area contributed by atoms with Gasteiger partial charge in [-0.3, -0.25) is 19.3 Å². The number of para-hydroxylation sites is 2. The van der Waals surface area contributed by atoms with Gasteiger partial charge in [0.2, 0.25) is 23.2 Å². The summed E-state index contributed by atoms with van der Waals surface area (Å²) in [6, 6.07) is 26.6. The van der Waals surface area contributed by atoms with Crippen LogP contribution in [0.3, 0.4) is 0 Å². The Bertz CT molecular complexity index is 4080. The molecular formula is C69H77N9O17. The number of nitrogens with one attached hydrogen (secondary N) is 5. The summed E-state index contributed by atoms with van der Waals surface area (Å²) in [6.07, 6.45) is 0.301. The maximum atomic E-state index is 14.1. The van der Waals surface area contributed by atoms with E-state index in [4.69, 9.17) is 33.4 Å². The highest BCUT2D eigenvalue weighted by molar-refractivity contribution is 5.90. The van der Waals surface area contributed by atoms with Gasteiger partial charge in [0.25, 0.3) is 5.56 Å². The van der Waals surface area contributed by atoms with E-state index in [1.54, 1.807) is 34.6 Å². The van der Waals surface area contributed by atoms with E-state index in [9.17, 15) is 53.7 Å². The molecule has 4 aliphatic rings. The summed E-state index contributed by atoms with van der Waals surface area (Å²) < 4.78 is 35.7. The van der Waals surface area contributed by atoms with Gasteiger partial charge < -0.3 is 79.5 Å². The number of anilines is 1. The van der Waals surface area contributed by atoms with Gasteiger partial charge in [-0.25, -0.2) is 29.0 Å². The van der Waals surface area contributed by atoms with Crippen molar-refractivity contribution in [1.82, 2.24) is 40.7 Å². The van der Waals surface area contributed by atoms with Gasteiger partial charge in [0.05, 0.1) is 62.5 Å². The van der Waals surface area contributed by atoms with E-state index in [2.05, 4.69) is 26.3 Å². The second-order valence-corrected chi connectivity index (χ2v) is 23.9. The Morgan fingerprint density at radius 1 is 0.800 bits per heavy atom. The fraction of sp³-hybridized carbons (Fsp3) is 0.406. The largest absolute Gasteiger partial charge is 0.493 e. The van der Waals surface area contributed by atoms with Gasteiger partial charge in [0.1, 0.15) is 31.3 Å². The molecule has 1 fully saturated rings. The highest BCUT2D eigenvalue weighted by Crippen LogP contribution is 2.48. The van der Waals surface area contributed by atoms with Crippen LogP contribution in [0.15, 0.2) is 102 Å². The molecule has 7 heterocycles. The normalized spacial score (nSPS) is 17.2. The van der Waals surface area contributed by atoms with Gasteiger partial charge in [-0.15, -0.1) is 0 Å². The summed E-state index contributed by atoms with van der Waals surface area (Å²) in [5.74, 6) is -3.03. The minimum absolute atomic E-state index is 0.0438. The van der Waals surface area contributed by atoms with Gasteiger partial charge in [0, 0.05) is 71.4 Å². The number of ether oxygens (including phenoxy) is 6. The Morgan fingerprint density at radius 3 is 2.22 bits per heavy atom. The van der Waals surface area contributed by atoms with Crippen LogP contribution in [0.25, 0.3) is 33.2 Å². The zero-order valence-corrected chi connectivity index (χ0v) is 53.0. The number of hydrogen-bond donors (Lipinski definition) is 8. The predicted octanol–water partition coefficient (Wildman–Crippen LogP) is 6.78. The highest BCUT2D eigenvalue weighted by Gasteiger charge is 2.51. The van der Waals surface area contributed by atoms with Crippen molar-refractivity contribution < 1.29 is 77.3 Å². The first-order valence-corrected chi connectivity index (χ1v) is 32.0. The molecule has 2 unspecified atom stereocenters. The topological polar surface area (TPSA) is 341 Å². The van der Waals surface area contributed by atoms with E-state index < -0.39 is 59.9 Å². The highest BCUT2D eigenvalue weighted by atomic mass is 16.6. The molecule has 0 saturated carbocycles. The Hall–Kier alpha value is -10.2. The number of carbonyl (C=O) groups excluding carboxylic acids is 6. The van der Waals surface area contributed by atoms with Gasteiger partial charge in [0.15, 0.2) is 11.5 Å². The summed E-state index contributed by atoms with van der Waals surface area (Å²) in [4.78, 5) is 120. The van der Waals surface area contributed by atoms with Crippen LogP contribution in [0.1, 0.15) is 110 Å². The van der Waals surface area contributed by atoms with Crippen LogP contribution < -0.4 is 45.9 Å². The number of unbranched alkanes of at least 4 members (excludes halogenated alkanes) is 2. The summed E-state index contributed by atoms with van der Waals surface area (Å²) in [5, 5.41) is 41.9. The summed E-state index contributed by atoms with van der Waals surface area (Å²) in [6.45, 7) is 2.52. The summed E-state index contributed by atoms with van der Waals surface area (Å²) in [7, 11) is 2.74. The van der Waals surface area contributed by atoms with Crippen LogP contribution in [0, 0.1) is 0 Å². The maximum absolute atomic E-state index is 14.1. The molecule has 0 spiro atoms. The van der Waals surface area contributed by atoms with E-state index in [0.717, 1.165) is 49.9 Å². The van der Waals surface area contributed by atoms with Crippen molar-refractivity contribution in [3.8, 4) is 28.6 Å². The molecule has 5 atom stereocenters. The number of aromatic nitrogens is 3. The van der Waals surface area contributed by atoms with Crippen molar-refractivity contribution in [1.29, 1.82) is 0 Å². The predicted molar refractivity (Wildman–Crippen MR) is 346 cm³/mol. The van der Waals surface area contributed by atoms with E-state index in [-0.39, 0.29) is 130 Å². The molecule has 3 aromatic heterocycles. The molecule has 1 saturated heterocycles. The third-order valence-corrected chi connectivity index (χ3v) is 18.0. The zero-order valence-electron chi connectivity index (χ0n) is 53.0. The third kappa shape index (κ3) is 14.0. The Labute approximate surface area is 546 Å². The number of carboxylic acid groups (broad SMARTS) is 1. The molecule has 7 aromatic rings. The number of aryl methyl sites for hydroxylation is 1. The number of aliphatic hydroxyl groups excluding tert-OH is 2. The lowest BCUT2D eigenvalue weighted by atomic mass is 9.85. The minimum atomic E-state index is -1.94. The van der Waals surface area contributed by atoms with Gasteiger partial charge in [-0.1, -0.05) is 55.5 Å².